The summed E-state index contributed by atoms with van der Waals surface area (Å²) in [5.41, 5.74) is 3.52. The van der Waals surface area contributed by atoms with Gasteiger partial charge in [-0.25, -0.2) is 4.98 Å². The highest BCUT2D eigenvalue weighted by Gasteiger charge is 2.29. The largest absolute Gasteiger partial charge is 0.367 e. The van der Waals surface area contributed by atoms with Crippen molar-refractivity contribution in [2.45, 2.75) is 32.1 Å². The second-order valence-corrected chi connectivity index (χ2v) is 5.91. The number of anilines is 1. The maximum Gasteiger partial charge on any atom is 0.203 e. The van der Waals surface area contributed by atoms with Gasteiger partial charge in [-0.2, -0.15) is 0 Å². The molecule has 5 heteroatoms. The van der Waals surface area contributed by atoms with Crippen molar-refractivity contribution < 1.29 is 0 Å². The molecule has 112 valence electrons. The van der Waals surface area contributed by atoms with Crippen LogP contribution in [0.4, 0.5) is 5.82 Å². The molecule has 0 bridgehead atoms. The average Bonchev–Trinajstić information content (AvgIpc) is 3.28. The predicted octanol–water partition coefficient (Wildman–Crippen LogP) is 2.96. The Kier molecular flexibility index (Phi) is 3.25. The molecule has 2 heterocycles. The van der Waals surface area contributed by atoms with E-state index in [1.807, 2.05) is 12.4 Å². The number of benzene rings is 1. The van der Waals surface area contributed by atoms with Crippen LogP contribution in [0, 0.1) is 6.92 Å². The Labute approximate surface area is 129 Å². The summed E-state index contributed by atoms with van der Waals surface area (Å²) in [5.74, 6) is 2.46. The number of hydrogen-bond donors (Lipinski definition) is 1. The number of aryl methyl sites for hydroxylation is 1. The van der Waals surface area contributed by atoms with E-state index >= 15 is 0 Å². The third kappa shape index (κ3) is 2.43. The molecule has 0 atom stereocenters. The molecule has 0 unspecified atom stereocenters. The Morgan fingerprint density at radius 1 is 1.23 bits per heavy atom. The van der Waals surface area contributed by atoms with Crippen LogP contribution in [0.25, 0.3) is 5.65 Å². The SMILES string of the molecule is Cc1ccccc1CCNc1nccn2c(C3CC3)nnc12. The Bertz CT molecular complexity index is 804. The van der Waals surface area contributed by atoms with E-state index in [1.165, 1.54) is 24.0 Å². The second kappa shape index (κ2) is 5.40. The number of fused-ring (bicyclic) bond motifs is 1. The van der Waals surface area contributed by atoms with Crippen LogP contribution in [0.5, 0.6) is 0 Å². The summed E-state index contributed by atoms with van der Waals surface area (Å²) in [6, 6.07) is 8.48. The van der Waals surface area contributed by atoms with Gasteiger partial charge in [0.05, 0.1) is 0 Å². The summed E-state index contributed by atoms with van der Waals surface area (Å²) in [4.78, 5) is 4.42. The standard InChI is InChI=1S/C17H19N5/c1-12-4-2-3-5-13(12)8-9-18-15-17-21-20-16(14-6-7-14)22(17)11-10-19-15/h2-5,10-11,14H,6-9H2,1H3,(H,18,19). The van der Waals surface area contributed by atoms with Crippen LogP contribution in [0.1, 0.15) is 35.7 Å². The van der Waals surface area contributed by atoms with Crippen molar-refractivity contribution in [1.82, 2.24) is 19.6 Å². The van der Waals surface area contributed by atoms with Gasteiger partial charge >= 0.3 is 0 Å². The lowest BCUT2D eigenvalue weighted by molar-refractivity contribution is 0.894. The maximum atomic E-state index is 4.42. The molecule has 4 rings (SSSR count). The minimum Gasteiger partial charge on any atom is -0.367 e. The smallest absolute Gasteiger partial charge is 0.203 e. The molecule has 1 saturated carbocycles. The molecule has 1 aromatic carbocycles. The molecule has 1 aliphatic rings. The van der Waals surface area contributed by atoms with Gasteiger partial charge < -0.3 is 5.32 Å². The zero-order valence-corrected chi connectivity index (χ0v) is 12.7. The van der Waals surface area contributed by atoms with Crippen molar-refractivity contribution in [2.75, 3.05) is 11.9 Å². The normalized spacial score (nSPS) is 14.4. The van der Waals surface area contributed by atoms with Crippen LogP contribution in [-0.4, -0.2) is 26.1 Å². The van der Waals surface area contributed by atoms with Crippen molar-refractivity contribution >= 4 is 11.5 Å². The quantitative estimate of drug-likeness (QED) is 0.786. The lowest BCUT2D eigenvalue weighted by atomic mass is 10.1. The third-order valence-electron chi connectivity index (χ3n) is 4.24. The number of nitrogens with one attached hydrogen (secondary N) is 1. The van der Waals surface area contributed by atoms with E-state index in [4.69, 9.17) is 0 Å². The van der Waals surface area contributed by atoms with Crippen LogP contribution in [0.2, 0.25) is 0 Å². The van der Waals surface area contributed by atoms with Crippen LogP contribution in [-0.2, 0) is 6.42 Å². The molecule has 0 saturated heterocycles. The van der Waals surface area contributed by atoms with Crippen LogP contribution >= 0.6 is 0 Å². The van der Waals surface area contributed by atoms with Crippen molar-refractivity contribution in [3.63, 3.8) is 0 Å². The Morgan fingerprint density at radius 2 is 2.09 bits per heavy atom. The Balaban J connectivity index is 1.51. The molecule has 0 spiro atoms. The van der Waals surface area contributed by atoms with Crippen LogP contribution < -0.4 is 5.32 Å². The number of rotatable bonds is 5. The zero-order valence-electron chi connectivity index (χ0n) is 12.7. The zero-order chi connectivity index (χ0) is 14.9. The van der Waals surface area contributed by atoms with Gasteiger partial charge in [0, 0.05) is 24.9 Å². The Hall–Kier alpha value is -2.43. The van der Waals surface area contributed by atoms with E-state index < -0.39 is 0 Å². The fourth-order valence-electron chi connectivity index (χ4n) is 2.79. The molecule has 1 aliphatic carbocycles. The molecular weight excluding hydrogens is 274 g/mol. The van der Waals surface area contributed by atoms with Crippen molar-refractivity contribution in [3.05, 3.63) is 53.6 Å². The molecule has 1 fully saturated rings. The summed E-state index contributed by atoms with van der Waals surface area (Å²) < 4.78 is 2.07. The van der Waals surface area contributed by atoms with Crippen molar-refractivity contribution in [3.8, 4) is 0 Å². The average molecular weight is 293 g/mol. The molecule has 2 aromatic heterocycles. The van der Waals surface area contributed by atoms with Gasteiger partial charge in [0.2, 0.25) is 5.65 Å². The summed E-state index contributed by atoms with van der Waals surface area (Å²) in [7, 11) is 0. The maximum absolute atomic E-state index is 4.42. The molecule has 3 aromatic rings. The van der Waals surface area contributed by atoms with Gasteiger partial charge in [-0.3, -0.25) is 4.40 Å². The highest BCUT2D eigenvalue weighted by Crippen LogP contribution is 2.39. The molecule has 0 amide bonds. The fourth-order valence-corrected chi connectivity index (χ4v) is 2.79. The van der Waals surface area contributed by atoms with E-state index in [1.54, 1.807) is 0 Å². The van der Waals surface area contributed by atoms with E-state index in [0.717, 1.165) is 30.3 Å². The van der Waals surface area contributed by atoms with Gasteiger partial charge in [-0.05, 0) is 37.3 Å². The van der Waals surface area contributed by atoms with Crippen molar-refractivity contribution in [1.29, 1.82) is 0 Å². The van der Waals surface area contributed by atoms with Gasteiger partial charge in [-0.1, -0.05) is 24.3 Å². The van der Waals surface area contributed by atoms with E-state index in [9.17, 15) is 0 Å². The van der Waals surface area contributed by atoms with Gasteiger partial charge in [-0.15, -0.1) is 10.2 Å². The molecule has 0 radical (unpaired) electrons. The molecular formula is C17H19N5. The first kappa shape index (κ1) is 13.2. The van der Waals surface area contributed by atoms with E-state index in [2.05, 4.69) is 56.1 Å². The van der Waals surface area contributed by atoms with Crippen LogP contribution in [0.3, 0.4) is 0 Å². The predicted molar refractivity (Wildman–Crippen MR) is 86.1 cm³/mol. The highest BCUT2D eigenvalue weighted by atomic mass is 15.3. The third-order valence-corrected chi connectivity index (χ3v) is 4.24. The summed E-state index contributed by atoms with van der Waals surface area (Å²) >= 11 is 0. The first-order valence-corrected chi connectivity index (χ1v) is 7.81. The minimum atomic E-state index is 0.581. The van der Waals surface area contributed by atoms with E-state index in [0.29, 0.717) is 5.92 Å². The fraction of sp³-hybridized carbons (Fsp3) is 0.353. The monoisotopic (exact) mass is 293 g/mol. The van der Waals surface area contributed by atoms with E-state index in [-0.39, 0.29) is 0 Å². The first-order chi connectivity index (χ1) is 10.8. The lowest BCUT2D eigenvalue weighted by Crippen LogP contribution is -2.08. The molecule has 0 aliphatic heterocycles. The highest BCUT2D eigenvalue weighted by molar-refractivity contribution is 5.62. The molecule has 22 heavy (non-hydrogen) atoms. The van der Waals surface area contributed by atoms with Crippen LogP contribution in [0.15, 0.2) is 36.7 Å². The lowest BCUT2D eigenvalue weighted by Gasteiger charge is -2.08. The van der Waals surface area contributed by atoms with Crippen molar-refractivity contribution in [2.24, 2.45) is 0 Å². The second-order valence-electron chi connectivity index (χ2n) is 5.91. The number of hydrogen-bond acceptors (Lipinski definition) is 4. The number of aromatic nitrogens is 4. The summed E-state index contributed by atoms with van der Waals surface area (Å²) in [6.45, 7) is 2.98. The van der Waals surface area contributed by atoms with Gasteiger partial charge in [0.15, 0.2) is 5.82 Å². The minimum absolute atomic E-state index is 0.581. The number of nitrogens with zero attached hydrogens (tertiary/aromatic N) is 4. The first-order valence-electron chi connectivity index (χ1n) is 7.81. The summed E-state index contributed by atoms with van der Waals surface area (Å²) in [6.07, 6.45) is 7.19. The van der Waals surface area contributed by atoms with Gasteiger partial charge in [0.25, 0.3) is 0 Å². The Morgan fingerprint density at radius 3 is 2.91 bits per heavy atom. The van der Waals surface area contributed by atoms with Gasteiger partial charge in [0.1, 0.15) is 5.82 Å². The topological polar surface area (TPSA) is 55.1 Å². The summed E-state index contributed by atoms with van der Waals surface area (Å²) in [5, 5.41) is 12.0. The molecule has 1 N–H and O–H groups in total. The molecule has 5 nitrogen and oxygen atoms in total.